The smallest absolute Gasteiger partial charge is 0.175 e. The molecule has 0 aliphatic heterocycles. The van der Waals surface area contributed by atoms with E-state index in [2.05, 4.69) is 10.6 Å². The van der Waals surface area contributed by atoms with Gasteiger partial charge in [0.25, 0.3) is 0 Å². The summed E-state index contributed by atoms with van der Waals surface area (Å²) in [6.45, 7) is 0. The van der Waals surface area contributed by atoms with Crippen molar-refractivity contribution in [3.05, 3.63) is 54.1 Å². The van der Waals surface area contributed by atoms with Crippen molar-refractivity contribution >= 4 is 34.4 Å². The van der Waals surface area contributed by atoms with Crippen molar-refractivity contribution in [2.75, 3.05) is 29.6 Å². The predicted molar refractivity (Wildman–Crippen MR) is 87.0 cm³/mol. The van der Waals surface area contributed by atoms with Crippen LogP contribution in [0.2, 0.25) is 0 Å². The van der Waals surface area contributed by atoms with Crippen LogP contribution in [-0.2, 0) is 0 Å². The molecule has 2 N–H and O–H groups in total. The van der Waals surface area contributed by atoms with Gasteiger partial charge in [-0.1, -0.05) is 0 Å². The summed E-state index contributed by atoms with van der Waals surface area (Å²) in [6, 6.07) is 10.9. The fourth-order valence-corrected chi connectivity index (χ4v) is 1.95. The van der Waals surface area contributed by atoms with E-state index in [-0.39, 0.29) is 10.8 Å². The van der Waals surface area contributed by atoms with Gasteiger partial charge in [0.15, 0.2) is 5.11 Å². The monoisotopic (exact) mass is 307 g/mol. The van der Waals surface area contributed by atoms with Gasteiger partial charge < -0.3 is 15.5 Å². The molecule has 0 saturated heterocycles. The van der Waals surface area contributed by atoms with Gasteiger partial charge in [-0.2, -0.15) is 0 Å². The lowest BCUT2D eigenvalue weighted by Crippen LogP contribution is -2.20. The van der Waals surface area contributed by atoms with Crippen molar-refractivity contribution in [2.45, 2.75) is 0 Å². The van der Waals surface area contributed by atoms with Gasteiger partial charge in [-0.3, -0.25) is 0 Å². The highest BCUT2D eigenvalue weighted by Crippen LogP contribution is 2.18. The first-order valence-electron chi connectivity index (χ1n) is 6.26. The van der Waals surface area contributed by atoms with E-state index < -0.39 is 11.6 Å². The molecule has 2 aromatic rings. The topological polar surface area (TPSA) is 27.3 Å². The summed E-state index contributed by atoms with van der Waals surface area (Å²) in [5.41, 5.74) is 1.96. The van der Waals surface area contributed by atoms with Crippen molar-refractivity contribution in [3.8, 4) is 0 Å². The van der Waals surface area contributed by atoms with Gasteiger partial charge >= 0.3 is 0 Å². The van der Waals surface area contributed by atoms with E-state index in [4.69, 9.17) is 12.2 Å². The Morgan fingerprint density at radius 3 is 2.24 bits per heavy atom. The summed E-state index contributed by atoms with van der Waals surface area (Å²) < 4.78 is 26.3. The number of benzene rings is 2. The maximum Gasteiger partial charge on any atom is 0.175 e. The van der Waals surface area contributed by atoms with Crippen LogP contribution in [0, 0.1) is 11.6 Å². The van der Waals surface area contributed by atoms with Gasteiger partial charge in [0.05, 0.1) is 5.69 Å². The standard InChI is InChI=1S/C15H15F2N3S/c1-20(2)12-6-4-11(5-7-12)18-15(21)19-14-8-3-10(16)9-13(14)17/h3-9H,1-2H3,(H2,18,19,21). The number of halogens is 2. The molecule has 0 saturated carbocycles. The fourth-order valence-electron chi connectivity index (χ4n) is 1.72. The lowest BCUT2D eigenvalue weighted by atomic mass is 10.2. The van der Waals surface area contributed by atoms with E-state index in [1.54, 1.807) is 0 Å². The van der Waals surface area contributed by atoms with E-state index in [0.29, 0.717) is 0 Å². The number of thiocarbonyl (C=S) groups is 1. The van der Waals surface area contributed by atoms with Crippen molar-refractivity contribution in [2.24, 2.45) is 0 Å². The highest BCUT2D eigenvalue weighted by atomic mass is 32.1. The number of hydrogen-bond acceptors (Lipinski definition) is 2. The molecule has 2 aromatic carbocycles. The second kappa shape index (κ2) is 6.49. The lowest BCUT2D eigenvalue weighted by Gasteiger charge is -2.14. The number of nitrogens with zero attached hydrogens (tertiary/aromatic N) is 1. The van der Waals surface area contributed by atoms with E-state index in [0.717, 1.165) is 17.4 Å². The predicted octanol–water partition coefficient (Wildman–Crippen LogP) is 3.84. The first-order valence-corrected chi connectivity index (χ1v) is 6.67. The van der Waals surface area contributed by atoms with Crippen molar-refractivity contribution in [3.63, 3.8) is 0 Å². The average molecular weight is 307 g/mol. The quantitative estimate of drug-likeness (QED) is 0.843. The Hall–Kier alpha value is -2.21. The molecule has 0 aliphatic carbocycles. The molecular formula is C15H15F2N3S. The first-order chi connectivity index (χ1) is 9.95. The number of nitrogens with one attached hydrogen (secondary N) is 2. The van der Waals surface area contributed by atoms with Crippen LogP contribution in [0.25, 0.3) is 0 Å². The molecule has 2 rings (SSSR count). The molecule has 0 fully saturated rings. The molecule has 0 amide bonds. The van der Waals surface area contributed by atoms with Crippen LogP contribution in [0.1, 0.15) is 0 Å². The second-order valence-electron chi connectivity index (χ2n) is 4.64. The number of rotatable bonds is 3. The summed E-state index contributed by atoms with van der Waals surface area (Å²) in [5.74, 6) is -1.32. The van der Waals surface area contributed by atoms with E-state index in [1.165, 1.54) is 12.1 Å². The fraction of sp³-hybridized carbons (Fsp3) is 0.133. The Morgan fingerprint density at radius 2 is 1.67 bits per heavy atom. The largest absolute Gasteiger partial charge is 0.378 e. The third kappa shape index (κ3) is 4.13. The molecule has 0 unspecified atom stereocenters. The number of hydrogen-bond donors (Lipinski definition) is 2. The first kappa shape index (κ1) is 15.2. The maximum atomic E-state index is 13.5. The summed E-state index contributed by atoms with van der Waals surface area (Å²) in [5, 5.41) is 5.87. The molecule has 0 radical (unpaired) electrons. The van der Waals surface area contributed by atoms with Crippen molar-refractivity contribution < 1.29 is 8.78 Å². The molecular weight excluding hydrogens is 292 g/mol. The van der Waals surface area contributed by atoms with E-state index in [1.807, 2.05) is 43.3 Å². The van der Waals surface area contributed by atoms with Gasteiger partial charge in [0, 0.05) is 31.5 Å². The minimum absolute atomic E-state index is 0.124. The Morgan fingerprint density at radius 1 is 1.00 bits per heavy atom. The Balaban J connectivity index is 2.01. The second-order valence-corrected chi connectivity index (χ2v) is 5.05. The highest BCUT2D eigenvalue weighted by Gasteiger charge is 2.06. The molecule has 0 heterocycles. The van der Waals surface area contributed by atoms with Crippen LogP contribution in [0.15, 0.2) is 42.5 Å². The third-order valence-corrected chi connectivity index (χ3v) is 3.03. The molecule has 0 bridgehead atoms. The Kier molecular flexibility index (Phi) is 4.70. The van der Waals surface area contributed by atoms with E-state index in [9.17, 15) is 8.78 Å². The van der Waals surface area contributed by atoms with Crippen molar-refractivity contribution in [1.82, 2.24) is 0 Å². The van der Waals surface area contributed by atoms with E-state index >= 15 is 0 Å². The van der Waals surface area contributed by atoms with Crippen LogP contribution in [-0.4, -0.2) is 19.2 Å². The summed E-state index contributed by atoms with van der Waals surface area (Å²) in [4.78, 5) is 1.98. The number of anilines is 3. The Bertz CT molecular complexity index is 642. The summed E-state index contributed by atoms with van der Waals surface area (Å²) in [7, 11) is 3.90. The molecule has 0 aliphatic rings. The van der Waals surface area contributed by atoms with Crippen molar-refractivity contribution in [1.29, 1.82) is 0 Å². The molecule has 6 heteroatoms. The molecule has 0 atom stereocenters. The molecule has 21 heavy (non-hydrogen) atoms. The SMILES string of the molecule is CN(C)c1ccc(NC(=S)Nc2ccc(F)cc2F)cc1. The Labute approximate surface area is 127 Å². The zero-order valence-corrected chi connectivity index (χ0v) is 12.5. The minimum atomic E-state index is -0.692. The zero-order valence-electron chi connectivity index (χ0n) is 11.7. The summed E-state index contributed by atoms with van der Waals surface area (Å²) in [6.07, 6.45) is 0. The lowest BCUT2D eigenvalue weighted by molar-refractivity contribution is 0.586. The van der Waals surface area contributed by atoms with Crippen LogP contribution in [0.3, 0.4) is 0 Å². The minimum Gasteiger partial charge on any atom is -0.378 e. The van der Waals surface area contributed by atoms with Gasteiger partial charge in [-0.25, -0.2) is 8.78 Å². The van der Waals surface area contributed by atoms with Gasteiger partial charge in [-0.15, -0.1) is 0 Å². The molecule has 0 spiro atoms. The molecule has 110 valence electrons. The van der Waals surface area contributed by atoms with Gasteiger partial charge in [-0.05, 0) is 48.6 Å². The average Bonchev–Trinajstić information content (AvgIpc) is 2.42. The van der Waals surface area contributed by atoms with Crippen LogP contribution in [0.4, 0.5) is 25.8 Å². The molecule has 3 nitrogen and oxygen atoms in total. The normalized spacial score (nSPS) is 10.1. The molecule has 0 aromatic heterocycles. The maximum absolute atomic E-state index is 13.5. The zero-order chi connectivity index (χ0) is 15.4. The third-order valence-electron chi connectivity index (χ3n) is 2.82. The van der Waals surface area contributed by atoms with Gasteiger partial charge in [0.1, 0.15) is 11.6 Å². The highest BCUT2D eigenvalue weighted by molar-refractivity contribution is 7.80. The van der Waals surface area contributed by atoms with Crippen LogP contribution < -0.4 is 15.5 Å². The van der Waals surface area contributed by atoms with Gasteiger partial charge in [0.2, 0.25) is 0 Å². The van der Waals surface area contributed by atoms with Crippen LogP contribution >= 0.6 is 12.2 Å². The van der Waals surface area contributed by atoms with Crippen LogP contribution in [0.5, 0.6) is 0 Å². The summed E-state index contributed by atoms with van der Waals surface area (Å²) >= 11 is 5.10.